The fourth-order valence-electron chi connectivity index (χ4n) is 2.02. The summed E-state index contributed by atoms with van der Waals surface area (Å²) in [5, 5.41) is 8.47. The Morgan fingerprint density at radius 3 is 2.89 bits per heavy atom. The molecule has 0 saturated carbocycles. The quantitative estimate of drug-likeness (QED) is 0.620. The summed E-state index contributed by atoms with van der Waals surface area (Å²) in [6.07, 6.45) is 1.65. The predicted octanol–water partition coefficient (Wildman–Crippen LogP) is 0.890. The Labute approximate surface area is 110 Å². The van der Waals surface area contributed by atoms with Crippen LogP contribution in [0.15, 0.2) is 6.07 Å². The van der Waals surface area contributed by atoms with Gasteiger partial charge in [-0.2, -0.15) is 5.10 Å². The molecule has 2 rings (SSSR count). The normalized spacial score (nSPS) is 12.9. The van der Waals surface area contributed by atoms with Crippen molar-refractivity contribution in [1.29, 1.82) is 0 Å². The van der Waals surface area contributed by atoms with Crippen molar-refractivity contribution in [2.75, 3.05) is 0 Å². The average Bonchev–Trinajstić information content (AvgIpc) is 2.92. The van der Waals surface area contributed by atoms with E-state index in [4.69, 9.17) is 5.84 Å². The van der Waals surface area contributed by atoms with Crippen LogP contribution in [0.1, 0.15) is 34.9 Å². The molecule has 0 aliphatic rings. The van der Waals surface area contributed by atoms with E-state index in [9.17, 15) is 0 Å². The highest BCUT2D eigenvalue weighted by molar-refractivity contribution is 7.05. The fourth-order valence-corrected chi connectivity index (χ4v) is 2.81. The van der Waals surface area contributed by atoms with E-state index < -0.39 is 0 Å². The van der Waals surface area contributed by atoms with E-state index in [1.165, 1.54) is 11.5 Å². The third-order valence-electron chi connectivity index (χ3n) is 2.95. The molecule has 0 amide bonds. The summed E-state index contributed by atoms with van der Waals surface area (Å²) in [5.74, 6) is 5.66. The van der Waals surface area contributed by atoms with Gasteiger partial charge >= 0.3 is 0 Å². The molecule has 1 atom stereocenters. The van der Waals surface area contributed by atoms with Gasteiger partial charge in [-0.3, -0.25) is 16.0 Å². The molecule has 2 aromatic rings. The van der Waals surface area contributed by atoms with Crippen LogP contribution in [0.4, 0.5) is 0 Å². The maximum Gasteiger partial charge on any atom is 0.0801 e. The second-order valence-corrected chi connectivity index (χ2v) is 5.05. The van der Waals surface area contributed by atoms with Gasteiger partial charge in [-0.05, 0) is 30.9 Å². The van der Waals surface area contributed by atoms with E-state index in [1.807, 2.05) is 18.7 Å². The Balaban J connectivity index is 2.22. The van der Waals surface area contributed by atoms with Crippen LogP contribution in [0, 0.1) is 6.92 Å². The average molecular weight is 266 g/mol. The zero-order valence-corrected chi connectivity index (χ0v) is 11.7. The first-order chi connectivity index (χ1) is 8.65. The molecule has 0 fully saturated rings. The Morgan fingerprint density at radius 1 is 1.56 bits per heavy atom. The third-order valence-corrected chi connectivity index (χ3v) is 3.83. The first kappa shape index (κ1) is 13.1. The smallest absolute Gasteiger partial charge is 0.0801 e. The second kappa shape index (κ2) is 5.55. The molecule has 0 saturated heterocycles. The van der Waals surface area contributed by atoms with Crippen LogP contribution < -0.4 is 11.3 Å². The highest BCUT2D eigenvalue weighted by atomic mass is 32.1. The molecule has 18 heavy (non-hydrogen) atoms. The van der Waals surface area contributed by atoms with E-state index >= 15 is 0 Å². The van der Waals surface area contributed by atoms with Gasteiger partial charge in [-0.1, -0.05) is 11.4 Å². The van der Waals surface area contributed by atoms with Crippen molar-refractivity contribution in [3.63, 3.8) is 0 Å². The van der Waals surface area contributed by atoms with Gasteiger partial charge in [0, 0.05) is 19.2 Å². The topological polar surface area (TPSA) is 81.7 Å². The number of hydrogen-bond acceptors (Lipinski definition) is 6. The summed E-state index contributed by atoms with van der Waals surface area (Å²) in [4.78, 5) is 1.11. The number of nitrogens with two attached hydrogens (primary N) is 1. The molecule has 0 aromatic carbocycles. The molecule has 0 aliphatic heterocycles. The van der Waals surface area contributed by atoms with Gasteiger partial charge in [-0.15, -0.1) is 5.10 Å². The summed E-state index contributed by atoms with van der Waals surface area (Å²) in [6, 6.07) is 2.11. The summed E-state index contributed by atoms with van der Waals surface area (Å²) in [7, 11) is 1.95. The number of aryl methyl sites for hydroxylation is 3. The molecule has 2 aromatic heterocycles. The minimum Gasteiger partial charge on any atom is -0.272 e. The van der Waals surface area contributed by atoms with Gasteiger partial charge in [0.15, 0.2) is 0 Å². The molecule has 6 nitrogen and oxygen atoms in total. The largest absolute Gasteiger partial charge is 0.272 e. The molecule has 0 bridgehead atoms. The maximum absolute atomic E-state index is 5.66. The van der Waals surface area contributed by atoms with Crippen LogP contribution in [-0.2, 0) is 19.9 Å². The van der Waals surface area contributed by atoms with Crippen LogP contribution in [0.2, 0.25) is 0 Å². The van der Waals surface area contributed by atoms with Crippen LogP contribution >= 0.6 is 11.5 Å². The number of hydrazine groups is 1. The van der Waals surface area contributed by atoms with Crippen molar-refractivity contribution in [2.45, 2.75) is 32.7 Å². The standard InChI is InChI=1S/C11H18N6S/c1-4-9-11(18-16-14-9)10(13-12)6-8-5-7(2)15-17(8)3/h5,10,13H,4,6,12H2,1-3H3. The van der Waals surface area contributed by atoms with Gasteiger partial charge in [-0.25, -0.2) is 0 Å². The molecule has 98 valence electrons. The number of aromatic nitrogens is 4. The minimum absolute atomic E-state index is 0.0368. The summed E-state index contributed by atoms with van der Waals surface area (Å²) >= 11 is 1.41. The second-order valence-electron chi connectivity index (χ2n) is 4.26. The van der Waals surface area contributed by atoms with Crippen LogP contribution in [0.5, 0.6) is 0 Å². The molecule has 2 heterocycles. The van der Waals surface area contributed by atoms with Gasteiger partial charge in [0.25, 0.3) is 0 Å². The molecule has 7 heteroatoms. The lowest BCUT2D eigenvalue weighted by atomic mass is 10.1. The molecule has 0 spiro atoms. The van der Waals surface area contributed by atoms with E-state index in [0.29, 0.717) is 0 Å². The monoisotopic (exact) mass is 266 g/mol. The van der Waals surface area contributed by atoms with Crippen LogP contribution in [0.3, 0.4) is 0 Å². The Bertz CT molecular complexity index is 517. The maximum atomic E-state index is 5.66. The molecular formula is C11H18N6S. The zero-order valence-electron chi connectivity index (χ0n) is 10.8. The Kier molecular flexibility index (Phi) is 4.05. The summed E-state index contributed by atoms with van der Waals surface area (Å²) in [5.41, 5.74) is 6.03. The van der Waals surface area contributed by atoms with E-state index in [0.717, 1.165) is 34.8 Å². The van der Waals surface area contributed by atoms with Gasteiger partial charge in [0.2, 0.25) is 0 Å². The molecule has 0 aliphatic carbocycles. The van der Waals surface area contributed by atoms with Crippen LogP contribution in [0.25, 0.3) is 0 Å². The lowest BCUT2D eigenvalue weighted by Crippen LogP contribution is -2.30. The Hall–Kier alpha value is -1.31. The lowest BCUT2D eigenvalue weighted by molar-refractivity contribution is 0.533. The number of nitrogens with one attached hydrogen (secondary N) is 1. The first-order valence-corrected chi connectivity index (χ1v) is 6.69. The predicted molar refractivity (Wildman–Crippen MR) is 71.0 cm³/mol. The van der Waals surface area contributed by atoms with Crippen molar-refractivity contribution in [3.05, 3.63) is 28.0 Å². The molecule has 1 unspecified atom stereocenters. The highest BCUT2D eigenvalue weighted by Crippen LogP contribution is 2.24. The Morgan fingerprint density at radius 2 is 2.33 bits per heavy atom. The SMILES string of the molecule is CCc1nnsc1C(Cc1cc(C)nn1C)NN. The van der Waals surface area contributed by atoms with Crippen molar-refractivity contribution < 1.29 is 0 Å². The third kappa shape index (κ3) is 2.58. The number of hydrogen-bond donors (Lipinski definition) is 2. The summed E-state index contributed by atoms with van der Waals surface area (Å²) < 4.78 is 5.89. The number of nitrogens with zero attached hydrogens (tertiary/aromatic N) is 4. The van der Waals surface area contributed by atoms with E-state index in [1.54, 1.807) is 0 Å². The van der Waals surface area contributed by atoms with Gasteiger partial charge in [0.05, 0.1) is 22.3 Å². The van der Waals surface area contributed by atoms with E-state index in [-0.39, 0.29) is 6.04 Å². The number of rotatable bonds is 5. The molecule has 3 N–H and O–H groups in total. The summed E-state index contributed by atoms with van der Waals surface area (Å²) in [6.45, 7) is 4.06. The van der Waals surface area contributed by atoms with Gasteiger partial charge < -0.3 is 0 Å². The molecule has 0 radical (unpaired) electrons. The lowest BCUT2D eigenvalue weighted by Gasteiger charge is -2.14. The van der Waals surface area contributed by atoms with Crippen LogP contribution in [-0.4, -0.2) is 19.4 Å². The fraction of sp³-hybridized carbons (Fsp3) is 0.545. The van der Waals surface area contributed by atoms with Crippen molar-refractivity contribution in [3.8, 4) is 0 Å². The van der Waals surface area contributed by atoms with Crippen molar-refractivity contribution in [2.24, 2.45) is 12.9 Å². The highest BCUT2D eigenvalue weighted by Gasteiger charge is 2.19. The van der Waals surface area contributed by atoms with Gasteiger partial charge in [0.1, 0.15) is 0 Å². The minimum atomic E-state index is 0.0368. The van der Waals surface area contributed by atoms with Crippen molar-refractivity contribution >= 4 is 11.5 Å². The zero-order chi connectivity index (χ0) is 13.1. The molecular weight excluding hydrogens is 248 g/mol. The van der Waals surface area contributed by atoms with E-state index in [2.05, 4.69) is 33.1 Å². The van der Waals surface area contributed by atoms with Crippen molar-refractivity contribution in [1.82, 2.24) is 24.8 Å². The first-order valence-electron chi connectivity index (χ1n) is 5.92.